The molecule has 0 bridgehead atoms. The van der Waals surface area contributed by atoms with Crippen molar-refractivity contribution >= 4 is 125 Å². The summed E-state index contributed by atoms with van der Waals surface area (Å²) in [5.41, 5.74) is 10.2. The van der Waals surface area contributed by atoms with Crippen LogP contribution in [0.4, 0.5) is 0 Å². The Bertz CT molecular complexity index is 4190. The molecule has 5 heterocycles. The summed E-state index contributed by atoms with van der Waals surface area (Å²) in [5.74, 6) is 1.56. The maximum Gasteiger partial charge on any atom is 0.162 e. The van der Waals surface area contributed by atoms with E-state index in [1.165, 1.54) is 52.5 Å². The second kappa shape index (κ2) is 14.0. The molecule has 0 saturated heterocycles. The summed E-state index contributed by atoms with van der Waals surface area (Å²) in [5, 5.41) is 11.7. The van der Waals surface area contributed by atoms with Gasteiger partial charge in [-0.2, -0.15) is 0 Å². The van der Waals surface area contributed by atoms with Crippen LogP contribution >= 0.6 is 11.3 Å². The summed E-state index contributed by atoms with van der Waals surface area (Å²) < 4.78 is 14.3. The van der Waals surface area contributed by atoms with E-state index in [-0.39, 0.29) is 5.92 Å². The van der Waals surface area contributed by atoms with Crippen LogP contribution in [0, 0.1) is 5.92 Å². The standard InChI is InChI=1S/C59H38N4OS/c1-35-29-32-54(63-47-24-10-4-17-38(47)39-18-5-11-25-48(39)63)60-59(61-57(35)43-22-14-28-53-55(43)42-21-8-13-27-52(42)65-53)44-30-31-49(58-56(44)41-20-7-12-26-51(41)64-58)62-46-23-9-6-19-40(46)45-33-36-15-2-3-16-37(36)34-50(45)62/h2-28,30-35H,29H2,1H3/b54-32-,60-59?,61-57?. The van der Waals surface area contributed by atoms with E-state index in [1.54, 1.807) is 0 Å². The van der Waals surface area contributed by atoms with Gasteiger partial charge < -0.3 is 8.98 Å². The minimum absolute atomic E-state index is 0.0659. The fourth-order valence-corrected chi connectivity index (χ4v) is 11.8. The number of hydrogen-bond acceptors (Lipinski definition) is 4. The number of rotatable bonds is 4. The first-order chi connectivity index (χ1) is 32.2. The number of thiophene rings is 1. The Kier molecular flexibility index (Phi) is 7.83. The van der Waals surface area contributed by atoms with E-state index < -0.39 is 0 Å². The number of amidine groups is 1. The van der Waals surface area contributed by atoms with E-state index in [2.05, 4.69) is 210 Å². The lowest BCUT2D eigenvalue weighted by molar-refractivity contribution is 0.666. The average Bonchev–Trinajstić information content (AvgIpc) is 4.11. The second-order valence-corrected chi connectivity index (χ2v) is 18.4. The van der Waals surface area contributed by atoms with Crippen LogP contribution in [0.15, 0.2) is 209 Å². The van der Waals surface area contributed by atoms with E-state index in [4.69, 9.17) is 14.4 Å². The van der Waals surface area contributed by atoms with Gasteiger partial charge in [-0.15, -0.1) is 11.3 Å². The fourth-order valence-electron chi connectivity index (χ4n) is 10.6. The largest absolute Gasteiger partial charge is 0.454 e. The third kappa shape index (κ3) is 5.38. The lowest BCUT2D eigenvalue weighted by Crippen LogP contribution is -2.18. The number of allylic oxidation sites excluding steroid dienone is 1. The van der Waals surface area contributed by atoms with Gasteiger partial charge in [0.1, 0.15) is 11.4 Å². The molecular formula is C59H38N4OS. The first-order valence-corrected chi connectivity index (χ1v) is 23.1. The highest BCUT2D eigenvalue weighted by atomic mass is 32.1. The minimum atomic E-state index is 0.0659. The van der Waals surface area contributed by atoms with Gasteiger partial charge >= 0.3 is 0 Å². The smallest absolute Gasteiger partial charge is 0.162 e. The van der Waals surface area contributed by atoms with Crippen LogP contribution in [0.25, 0.3) is 108 Å². The fraction of sp³-hybridized carbons (Fsp3) is 0.0508. The predicted molar refractivity (Wildman–Crippen MR) is 275 cm³/mol. The average molecular weight is 851 g/mol. The molecular weight excluding hydrogens is 813 g/mol. The molecule has 6 heteroatoms. The Hall–Kier alpha value is -8.06. The molecule has 1 atom stereocenters. The van der Waals surface area contributed by atoms with Crippen LogP contribution in [-0.2, 0) is 0 Å². The van der Waals surface area contributed by atoms with E-state index in [0.29, 0.717) is 5.84 Å². The van der Waals surface area contributed by atoms with Crippen molar-refractivity contribution in [2.45, 2.75) is 13.3 Å². The zero-order valence-corrected chi connectivity index (χ0v) is 36.2. The zero-order valence-electron chi connectivity index (χ0n) is 35.4. The molecule has 0 spiro atoms. The summed E-state index contributed by atoms with van der Waals surface area (Å²) in [6, 6.07) is 67.6. The number of aromatic nitrogens is 2. The van der Waals surface area contributed by atoms with E-state index in [0.717, 1.165) is 78.8 Å². The highest BCUT2D eigenvalue weighted by molar-refractivity contribution is 7.25. The van der Waals surface area contributed by atoms with Gasteiger partial charge in [0.2, 0.25) is 0 Å². The first kappa shape index (κ1) is 36.4. The molecule has 0 aliphatic carbocycles. The number of nitrogens with zero attached hydrogens (tertiary/aromatic N) is 4. The SMILES string of the molecule is CC1C/C=C(\n2c3ccccc3c3ccccc32)N=C(c2ccc(-n3c4ccccc4c4cc5ccccc5cc43)c3oc4ccccc4c23)N=C1c1cccc2sc3ccccc3c12. The van der Waals surface area contributed by atoms with Gasteiger partial charge in [0.15, 0.2) is 11.4 Å². The van der Waals surface area contributed by atoms with Crippen molar-refractivity contribution in [2.75, 3.05) is 0 Å². The third-order valence-corrected chi connectivity index (χ3v) is 14.7. The molecule has 4 aromatic heterocycles. The summed E-state index contributed by atoms with van der Waals surface area (Å²) in [6.07, 6.45) is 3.08. The van der Waals surface area contributed by atoms with Gasteiger partial charge in [-0.05, 0) is 83.9 Å². The van der Waals surface area contributed by atoms with Crippen LogP contribution in [-0.4, -0.2) is 20.7 Å². The van der Waals surface area contributed by atoms with Crippen LogP contribution in [0.3, 0.4) is 0 Å². The predicted octanol–water partition coefficient (Wildman–Crippen LogP) is 16.1. The number of fused-ring (bicyclic) bond motifs is 13. The number of hydrogen-bond donors (Lipinski definition) is 0. The molecule has 1 aliphatic rings. The van der Waals surface area contributed by atoms with Crippen LogP contribution in [0.5, 0.6) is 0 Å². The van der Waals surface area contributed by atoms with Crippen molar-refractivity contribution in [1.29, 1.82) is 0 Å². The highest BCUT2D eigenvalue weighted by Gasteiger charge is 2.27. The molecule has 1 aliphatic heterocycles. The number of para-hydroxylation sites is 4. The van der Waals surface area contributed by atoms with E-state index in [9.17, 15) is 0 Å². The maximum atomic E-state index is 7.08. The lowest BCUT2D eigenvalue weighted by atomic mass is 9.91. The van der Waals surface area contributed by atoms with Crippen molar-refractivity contribution in [1.82, 2.24) is 9.13 Å². The van der Waals surface area contributed by atoms with Crippen LogP contribution in [0.1, 0.15) is 24.5 Å². The van der Waals surface area contributed by atoms with Crippen molar-refractivity contribution < 1.29 is 4.42 Å². The normalized spacial score (nSPS) is 15.7. The third-order valence-electron chi connectivity index (χ3n) is 13.6. The van der Waals surface area contributed by atoms with Crippen LogP contribution in [0.2, 0.25) is 0 Å². The van der Waals surface area contributed by atoms with Gasteiger partial charge in [-0.3, -0.25) is 4.57 Å². The molecule has 65 heavy (non-hydrogen) atoms. The number of benzene rings is 9. The molecule has 0 saturated carbocycles. The topological polar surface area (TPSA) is 47.7 Å². The van der Waals surface area contributed by atoms with Gasteiger partial charge in [0.05, 0.1) is 33.5 Å². The van der Waals surface area contributed by atoms with Gasteiger partial charge in [0, 0.05) is 69.5 Å². The van der Waals surface area contributed by atoms with Crippen molar-refractivity contribution in [3.63, 3.8) is 0 Å². The quantitative estimate of drug-likeness (QED) is 0.174. The Labute approximate surface area is 377 Å². The van der Waals surface area contributed by atoms with Crippen molar-refractivity contribution in [3.8, 4) is 5.69 Å². The van der Waals surface area contributed by atoms with Crippen molar-refractivity contribution in [2.24, 2.45) is 15.9 Å². The molecule has 9 aromatic carbocycles. The van der Waals surface area contributed by atoms with E-state index >= 15 is 0 Å². The molecule has 13 aromatic rings. The number of aliphatic imine (C=N–C) groups is 2. The highest BCUT2D eigenvalue weighted by Crippen LogP contribution is 2.43. The van der Waals surface area contributed by atoms with Gasteiger partial charge in [-0.1, -0.05) is 134 Å². The first-order valence-electron chi connectivity index (χ1n) is 22.3. The Morgan fingerprint density at radius 2 is 1.11 bits per heavy atom. The molecule has 306 valence electrons. The summed E-state index contributed by atoms with van der Waals surface area (Å²) in [7, 11) is 0. The Morgan fingerprint density at radius 1 is 0.492 bits per heavy atom. The maximum absolute atomic E-state index is 7.08. The zero-order chi connectivity index (χ0) is 42.8. The summed E-state index contributed by atoms with van der Waals surface area (Å²) in [4.78, 5) is 11.6. The molecule has 0 fully saturated rings. The molecule has 0 N–H and O–H groups in total. The summed E-state index contributed by atoms with van der Waals surface area (Å²) >= 11 is 1.84. The number of furan rings is 1. The minimum Gasteiger partial charge on any atom is -0.454 e. The molecule has 5 nitrogen and oxygen atoms in total. The second-order valence-electron chi connectivity index (χ2n) is 17.3. The Morgan fingerprint density at radius 3 is 1.88 bits per heavy atom. The molecule has 1 unspecified atom stereocenters. The monoisotopic (exact) mass is 850 g/mol. The van der Waals surface area contributed by atoms with Crippen LogP contribution < -0.4 is 0 Å². The summed E-state index contributed by atoms with van der Waals surface area (Å²) in [6.45, 7) is 2.31. The Balaban J connectivity index is 1.09. The molecule has 14 rings (SSSR count). The molecule has 0 radical (unpaired) electrons. The van der Waals surface area contributed by atoms with Crippen molar-refractivity contribution in [3.05, 3.63) is 205 Å². The van der Waals surface area contributed by atoms with Gasteiger partial charge in [0.25, 0.3) is 0 Å². The van der Waals surface area contributed by atoms with Gasteiger partial charge in [-0.25, -0.2) is 9.98 Å². The lowest BCUT2D eigenvalue weighted by Gasteiger charge is -2.20. The van der Waals surface area contributed by atoms with E-state index in [1.807, 2.05) is 11.3 Å². The molecule has 0 amide bonds.